The Bertz CT molecular complexity index is 1130. The number of nitrogens with one attached hydrogen (secondary N) is 1. The largest absolute Gasteiger partial charge is 0.497 e. The minimum atomic E-state index is -0.553. The van der Waals surface area contributed by atoms with E-state index in [-0.39, 0.29) is 36.1 Å². The van der Waals surface area contributed by atoms with Gasteiger partial charge in [-0.2, -0.15) is 5.10 Å². The first-order valence-corrected chi connectivity index (χ1v) is 9.98. The van der Waals surface area contributed by atoms with Crippen LogP contribution in [0.15, 0.2) is 71.8 Å². The number of methoxy groups -OCH3 is 2. The van der Waals surface area contributed by atoms with Gasteiger partial charge in [-0.05, 0) is 29.3 Å². The van der Waals surface area contributed by atoms with Gasteiger partial charge in [-0.25, -0.2) is 5.43 Å². The molecule has 0 bridgehead atoms. The number of hydrogen-bond acceptors (Lipinski definition) is 7. The maximum atomic E-state index is 12.1. The third kappa shape index (κ3) is 6.54. The number of carbonyl (C=O) groups is 1. The van der Waals surface area contributed by atoms with E-state index in [0.29, 0.717) is 11.3 Å². The second-order valence-corrected chi connectivity index (χ2v) is 6.92. The molecular weight excluding hydrogens is 426 g/mol. The third-order valence-electron chi connectivity index (χ3n) is 4.63. The summed E-state index contributed by atoms with van der Waals surface area (Å²) in [6, 6.07) is 19.2. The van der Waals surface area contributed by atoms with Gasteiger partial charge in [-0.3, -0.25) is 14.9 Å². The smallest absolute Gasteiger partial charge is 0.315 e. The van der Waals surface area contributed by atoms with E-state index in [1.807, 2.05) is 30.3 Å². The van der Waals surface area contributed by atoms with Crippen molar-refractivity contribution in [2.75, 3.05) is 14.2 Å². The molecule has 0 saturated carbocycles. The summed E-state index contributed by atoms with van der Waals surface area (Å²) >= 11 is 0. The Morgan fingerprint density at radius 2 is 1.76 bits per heavy atom. The number of hydrazone groups is 1. The second-order valence-electron chi connectivity index (χ2n) is 6.92. The lowest BCUT2D eigenvalue weighted by Gasteiger charge is -2.12. The highest BCUT2D eigenvalue weighted by molar-refractivity contribution is 5.85. The molecule has 0 atom stereocenters. The van der Waals surface area contributed by atoms with E-state index in [2.05, 4.69) is 10.5 Å². The Balaban J connectivity index is 1.70. The highest BCUT2D eigenvalue weighted by Gasteiger charge is 2.22. The molecule has 0 fully saturated rings. The lowest BCUT2D eigenvalue weighted by atomic mass is 10.1. The van der Waals surface area contributed by atoms with Crippen LogP contribution in [0.5, 0.6) is 17.2 Å². The summed E-state index contributed by atoms with van der Waals surface area (Å²) < 4.78 is 16.1. The molecule has 0 saturated heterocycles. The predicted octanol–water partition coefficient (Wildman–Crippen LogP) is 3.88. The highest BCUT2D eigenvalue weighted by atomic mass is 16.6. The molecule has 9 nitrogen and oxygen atoms in total. The quantitative estimate of drug-likeness (QED) is 0.286. The van der Waals surface area contributed by atoms with Crippen LogP contribution < -0.4 is 19.6 Å². The zero-order chi connectivity index (χ0) is 23.6. The molecule has 9 heteroatoms. The number of amides is 1. The molecule has 0 heterocycles. The van der Waals surface area contributed by atoms with Crippen LogP contribution in [0.3, 0.4) is 0 Å². The first-order valence-electron chi connectivity index (χ1n) is 9.98. The van der Waals surface area contributed by atoms with Crippen LogP contribution in [0.25, 0.3) is 0 Å². The zero-order valence-corrected chi connectivity index (χ0v) is 18.2. The number of nitro groups is 1. The number of nitro benzene ring substituents is 1. The van der Waals surface area contributed by atoms with E-state index in [4.69, 9.17) is 14.2 Å². The number of carbonyl (C=O) groups excluding carboxylic acids is 1. The Hall–Kier alpha value is -4.40. The summed E-state index contributed by atoms with van der Waals surface area (Å²) in [6.07, 6.45) is 1.43. The number of ether oxygens (including phenoxy) is 3. The fraction of sp³-hybridized carbons (Fsp3) is 0.167. The molecule has 0 aliphatic heterocycles. The molecule has 170 valence electrons. The summed E-state index contributed by atoms with van der Waals surface area (Å²) in [5.74, 6) is 0.572. The van der Waals surface area contributed by atoms with Crippen molar-refractivity contribution in [3.8, 4) is 17.2 Å². The molecule has 0 spiro atoms. The van der Waals surface area contributed by atoms with E-state index in [1.54, 1.807) is 37.4 Å². The minimum absolute atomic E-state index is 0.0204. The van der Waals surface area contributed by atoms with E-state index < -0.39 is 4.92 Å². The van der Waals surface area contributed by atoms with Crippen LogP contribution in [-0.4, -0.2) is 31.3 Å². The van der Waals surface area contributed by atoms with Crippen LogP contribution in [0, 0.1) is 10.1 Å². The van der Waals surface area contributed by atoms with Crippen LogP contribution >= 0.6 is 0 Å². The molecule has 0 aliphatic rings. The van der Waals surface area contributed by atoms with Crippen molar-refractivity contribution in [3.63, 3.8) is 0 Å². The fourth-order valence-corrected chi connectivity index (χ4v) is 2.99. The van der Waals surface area contributed by atoms with E-state index in [0.717, 1.165) is 11.1 Å². The third-order valence-corrected chi connectivity index (χ3v) is 4.63. The standard InChI is InChI=1S/C24H23N3O6/c1-31-20-10-8-17(9-11-20)14-23(28)26-25-15-19-12-21(27(29)30)24(22(13-19)32-2)33-16-18-6-4-3-5-7-18/h3-13,15H,14,16H2,1-2H3,(H,26,28)/b25-15-. The van der Waals surface area contributed by atoms with Crippen LogP contribution in [-0.2, 0) is 17.8 Å². The summed E-state index contributed by atoms with van der Waals surface area (Å²) in [6.45, 7) is 0.146. The van der Waals surface area contributed by atoms with Gasteiger partial charge in [0.15, 0.2) is 5.75 Å². The maximum Gasteiger partial charge on any atom is 0.315 e. The topological polar surface area (TPSA) is 112 Å². The summed E-state index contributed by atoms with van der Waals surface area (Å²) in [7, 11) is 2.96. The molecule has 0 aliphatic carbocycles. The molecule has 0 radical (unpaired) electrons. The normalized spacial score (nSPS) is 10.6. The average Bonchev–Trinajstić information content (AvgIpc) is 2.83. The van der Waals surface area contributed by atoms with Crippen molar-refractivity contribution in [1.29, 1.82) is 0 Å². The molecule has 1 amide bonds. The lowest BCUT2D eigenvalue weighted by molar-refractivity contribution is -0.386. The van der Waals surface area contributed by atoms with Crippen LogP contribution in [0.2, 0.25) is 0 Å². The molecule has 0 unspecified atom stereocenters. The molecule has 0 aromatic heterocycles. The van der Waals surface area contributed by atoms with E-state index in [1.165, 1.54) is 19.4 Å². The SMILES string of the molecule is COc1ccc(CC(=O)N/N=C\c2cc(OC)c(OCc3ccccc3)c([N+](=O)[O-])c2)cc1. The highest BCUT2D eigenvalue weighted by Crippen LogP contribution is 2.38. The van der Waals surface area contributed by atoms with Crippen molar-refractivity contribution in [1.82, 2.24) is 5.43 Å². The first kappa shape index (κ1) is 23.3. The van der Waals surface area contributed by atoms with Gasteiger partial charge in [0, 0.05) is 11.6 Å². The Morgan fingerprint density at radius 3 is 2.39 bits per heavy atom. The fourth-order valence-electron chi connectivity index (χ4n) is 2.99. The van der Waals surface area contributed by atoms with Crippen molar-refractivity contribution in [3.05, 3.63) is 93.5 Å². The average molecular weight is 449 g/mol. The van der Waals surface area contributed by atoms with Crippen LogP contribution in [0.1, 0.15) is 16.7 Å². The molecule has 3 aromatic carbocycles. The molecule has 1 N–H and O–H groups in total. The second kappa shape index (κ2) is 11.3. The van der Waals surface area contributed by atoms with Gasteiger partial charge in [-0.15, -0.1) is 0 Å². The summed E-state index contributed by atoms with van der Waals surface area (Å²) in [4.78, 5) is 23.2. The van der Waals surface area contributed by atoms with Gasteiger partial charge in [0.05, 0.1) is 31.8 Å². The number of benzene rings is 3. The van der Waals surface area contributed by atoms with E-state index >= 15 is 0 Å². The van der Waals surface area contributed by atoms with E-state index in [9.17, 15) is 14.9 Å². The van der Waals surface area contributed by atoms with Gasteiger partial charge in [0.2, 0.25) is 11.7 Å². The van der Waals surface area contributed by atoms with Gasteiger partial charge in [0.1, 0.15) is 12.4 Å². The maximum absolute atomic E-state index is 12.1. The van der Waals surface area contributed by atoms with Gasteiger partial charge < -0.3 is 14.2 Å². The van der Waals surface area contributed by atoms with Crippen molar-refractivity contribution in [2.45, 2.75) is 13.0 Å². The van der Waals surface area contributed by atoms with Gasteiger partial charge in [-0.1, -0.05) is 42.5 Å². The van der Waals surface area contributed by atoms with Crippen molar-refractivity contribution in [2.24, 2.45) is 5.10 Å². The Morgan fingerprint density at radius 1 is 1.03 bits per heavy atom. The monoisotopic (exact) mass is 449 g/mol. The zero-order valence-electron chi connectivity index (χ0n) is 18.2. The number of nitrogens with zero attached hydrogens (tertiary/aromatic N) is 2. The number of rotatable bonds is 10. The van der Waals surface area contributed by atoms with Gasteiger partial charge in [0.25, 0.3) is 0 Å². The Kier molecular flexibility index (Phi) is 7.96. The van der Waals surface area contributed by atoms with Gasteiger partial charge >= 0.3 is 5.69 Å². The molecular formula is C24H23N3O6. The number of hydrogen-bond donors (Lipinski definition) is 1. The molecule has 33 heavy (non-hydrogen) atoms. The molecule has 3 rings (SSSR count). The van der Waals surface area contributed by atoms with Crippen molar-refractivity contribution >= 4 is 17.8 Å². The minimum Gasteiger partial charge on any atom is -0.497 e. The lowest BCUT2D eigenvalue weighted by Crippen LogP contribution is -2.19. The van der Waals surface area contributed by atoms with Crippen LogP contribution in [0.4, 0.5) is 5.69 Å². The van der Waals surface area contributed by atoms with Crippen molar-refractivity contribution < 1.29 is 23.9 Å². The Labute approximate surface area is 190 Å². The summed E-state index contributed by atoms with van der Waals surface area (Å²) in [5.41, 5.74) is 4.17. The summed E-state index contributed by atoms with van der Waals surface area (Å²) in [5, 5.41) is 15.5. The predicted molar refractivity (Wildman–Crippen MR) is 123 cm³/mol. The first-order chi connectivity index (χ1) is 16.0. The molecule has 3 aromatic rings.